The van der Waals surface area contributed by atoms with Crippen LogP contribution in [-0.4, -0.2) is 41.3 Å². The Morgan fingerprint density at radius 2 is 1.67 bits per heavy atom. The van der Waals surface area contributed by atoms with E-state index in [1.54, 1.807) is 0 Å². The summed E-state index contributed by atoms with van der Waals surface area (Å²) in [6.45, 7) is 0. The van der Waals surface area contributed by atoms with Gasteiger partial charge in [-0.15, -0.1) is 0 Å². The average molecular weight is 333 g/mol. The standard InChI is InChI=1S/C15H15N3O6/c1-23-14(19)8-6-9(15(20)24-2)13-12(8)16-10-4-3-7(18(21)22)5-11(10)17-13/h3-5,8-9,18,21H,6H2,1-2H3. The molecule has 0 fully saturated rings. The van der Waals surface area contributed by atoms with Crippen LogP contribution >= 0.6 is 0 Å². The molecule has 0 bridgehead atoms. The first kappa shape index (κ1) is 16.2. The van der Waals surface area contributed by atoms with Crippen molar-refractivity contribution in [1.29, 1.82) is 0 Å². The van der Waals surface area contributed by atoms with Crippen LogP contribution < -0.4 is 5.23 Å². The van der Waals surface area contributed by atoms with Gasteiger partial charge in [0.2, 0.25) is 0 Å². The second kappa shape index (κ2) is 6.11. The third kappa shape index (κ3) is 2.58. The van der Waals surface area contributed by atoms with Crippen LogP contribution in [0, 0.1) is 5.21 Å². The largest absolute Gasteiger partial charge is 0.595 e. The van der Waals surface area contributed by atoms with Crippen molar-refractivity contribution in [3.63, 3.8) is 0 Å². The number of carbonyl (C=O) groups is 2. The minimum atomic E-state index is -1.09. The van der Waals surface area contributed by atoms with Crippen LogP contribution in [0.2, 0.25) is 0 Å². The van der Waals surface area contributed by atoms with Crippen molar-refractivity contribution in [3.8, 4) is 0 Å². The second-order valence-corrected chi connectivity index (χ2v) is 5.39. The second-order valence-electron chi connectivity index (χ2n) is 5.39. The maximum absolute atomic E-state index is 12.0. The fraction of sp³-hybridized carbons (Fsp3) is 0.333. The zero-order chi connectivity index (χ0) is 17.4. The van der Waals surface area contributed by atoms with E-state index in [0.29, 0.717) is 22.4 Å². The van der Waals surface area contributed by atoms with E-state index < -0.39 is 29.0 Å². The summed E-state index contributed by atoms with van der Waals surface area (Å²) in [5.41, 5.74) is 1.54. The number of esters is 2. The average Bonchev–Trinajstić information content (AvgIpc) is 2.96. The Kier molecular flexibility index (Phi) is 4.14. The van der Waals surface area contributed by atoms with E-state index in [0.717, 1.165) is 0 Å². The van der Waals surface area contributed by atoms with Crippen molar-refractivity contribution in [1.82, 2.24) is 9.97 Å². The highest BCUT2D eigenvalue weighted by atomic mass is 16.8. The van der Waals surface area contributed by atoms with E-state index in [-0.39, 0.29) is 12.1 Å². The van der Waals surface area contributed by atoms with E-state index in [1.165, 1.54) is 32.4 Å². The lowest BCUT2D eigenvalue weighted by Gasteiger charge is -2.12. The Morgan fingerprint density at radius 3 is 2.17 bits per heavy atom. The molecule has 1 aliphatic rings. The van der Waals surface area contributed by atoms with Crippen molar-refractivity contribution < 1.29 is 29.5 Å². The van der Waals surface area contributed by atoms with Gasteiger partial charge >= 0.3 is 11.9 Å². The monoisotopic (exact) mass is 333 g/mol. The smallest absolute Gasteiger partial charge is 0.314 e. The van der Waals surface area contributed by atoms with Crippen LogP contribution in [0.25, 0.3) is 11.0 Å². The molecule has 1 aromatic carbocycles. The molecule has 2 N–H and O–H groups in total. The summed E-state index contributed by atoms with van der Waals surface area (Å²) in [5, 5.41) is 19.1. The summed E-state index contributed by atoms with van der Waals surface area (Å²) < 4.78 is 9.55. The Hall–Kier alpha value is -2.62. The van der Waals surface area contributed by atoms with Crippen LogP contribution in [0.3, 0.4) is 0 Å². The summed E-state index contributed by atoms with van der Waals surface area (Å²) in [5.74, 6) is -2.46. The van der Waals surface area contributed by atoms with Gasteiger partial charge in [-0.05, 0) is 12.5 Å². The van der Waals surface area contributed by atoms with E-state index in [4.69, 9.17) is 14.7 Å². The molecule has 0 saturated carbocycles. The lowest BCUT2D eigenvalue weighted by molar-refractivity contribution is -0.991. The summed E-state index contributed by atoms with van der Waals surface area (Å²) in [6, 6.07) is 4.31. The number of hydrogen-bond acceptors (Lipinski definition) is 8. The number of ether oxygens (including phenoxy) is 2. The number of methoxy groups -OCH3 is 2. The van der Waals surface area contributed by atoms with Gasteiger partial charge in [0.25, 0.3) is 0 Å². The van der Waals surface area contributed by atoms with Crippen molar-refractivity contribution in [3.05, 3.63) is 34.8 Å². The zero-order valence-electron chi connectivity index (χ0n) is 13.0. The Labute approximate surface area is 136 Å². The molecule has 0 spiro atoms. The Morgan fingerprint density at radius 1 is 1.12 bits per heavy atom. The summed E-state index contributed by atoms with van der Waals surface area (Å²) in [7, 11) is 2.52. The molecule has 0 saturated heterocycles. The number of benzene rings is 1. The first-order valence-corrected chi connectivity index (χ1v) is 7.16. The summed E-state index contributed by atoms with van der Waals surface area (Å²) >= 11 is 0. The van der Waals surface area contributed by atoms with Gasteiger partial charge in [0.05, 0.1) is 36.6 Å². The molecule has 2 aromatic rings. The van der Waals surface area contributed by atoms with Crippen LogP contribution in [0.4, 0.5) is 5.69 Å². The predicted octanol–water partition coefficient (Wildman–Crippen LogP) is -0.0499. The molecule has 1 aliphatic carbocycles. The molecule has 0 amide bonds. The Balaban J connectivity index is 2.17. The fourth-order valence-corrected chi connectivity index (χ4v) is 2.89. The van der Waals surface area contributed by atoms with Gasteiger partial charge < -0.3 is 14.7 Å². The third-order valence-corrected chi connectivity index (χ3v) is 4.07. The minimum Gasteiger partial charge on any atom is -0.595 e. The van der Waals surface area contributed by atoms with E-state index >= 15 is 0 Å². The normalized spacial score (nSPS) is 20.5. The Bertz CT molecular complexity index is 822. The predicted molar refractivity (Wildman–Crippen MR) is 79.4 cm³/mol. The molecule has 9 nitrogen and oxygen atoms in total. The molecule has 3 rings (SSSR count). The quantitative estimate of drug-likeness (QED) is 0.591. The van der Waals surface area contributed by atoms with Gasteiger partial charge in [-0.25, -0.2) is 15.2 Å². The van der Waals surface area contributed by atoms with Gasteiger partial charge in [-0.2, -0.15) is 5.23 Å². The van der Waals surface area contributed by atoms with Crippen molar-refractivity contribution >= 4 is 28.7 Å². The molecule has 126 valence electrons. The SMILES string of the molecule is COC(=O)C1CC(C(=O)OC)c2nc3cc([NH+]([O-])O)ccc3nc21. The number of aromatic nitrogens is 2. The number of quaternary nitrogens is 1. The number of hydrogen-bond donors (Lipinski definition) is 2. The van der Waals surface area contributed by atoms with Gasteiger partial charge in [0.15, 0.2) is 5.69 Å². The fourth-order valence-electron chi connectivity index (χ4n) is 2.89. The topological polar surface area (TPSA) is 126 Å². The number of fused-ring (bicyclic) bond motifs is 2. The number of rotatable bonds is 3. The third-order valence-electron chi connectivity index (χ3n) is 4.07. The molecule has 3 unspecified atom stereocenters. The lowest BCUT2D eigenvalue weighted by atomic mass is 10.0. The first-order chi connectivity index (χ1) is 11.5. The molecule has 0 aliphatic heterocycles. The highest BCUT2D eigenvalue weighted by molar-refractivity contribution is 5.87. The van der Waals surface area contributed by atoms with Crippen molar-refractivity contribution in [2.75, 3.05) is 14.2 Å². The van der Waals surface area contributed by atoms with Crippen LogP contribution in [0.1, 0.15) is 29.6 Å². The van der Waals surface area contributed by atoms with E-state index in [9.17, 15) is 14.8 Å². The molecule has 0 radical (unpaired) electrons. The van der Waals surface area contributed by atoms with Gasteiger partial charge in [0, 0.05) is 12.1 Å². The number of carbonyl (C=O) groups excluding carboxylic acids is 2. The number of nitrogens with zero attached hydrogens (tertiary/aromatic N) is 2. The maximum Gasteiger partial charge on any atom is 0.314 e. The zero-order valence-corrected chi connectivity index (χ0v) is 13.0. The lowest BCUT2D eigenvalue weighted by Crippen LogP contribution is -2.99. The number of nitrogens with one attached hydrogen (secondary N) is 1. The van der Waals surface area contributed by atoms with Gasteiger partial charge in [-0.1, -0.05) is 0 Å². The van der Waals surface area contributed by atoms with Crippen LogP contribution in [-0.2, 0) is 19.1 Å². The first-order valence-electron chi connectivity index (χ1n) is 7.16. The molecular formula is C15H15N3O6. The van der Waals surface area contributed by atoms with Crippen molar-refractivity contribution in [2.24, 2.45) is 0 Å². The summed E-state index contributed by atoms with van der Waals surface area (Å²) in [6.07, 6.45) is 0.163. The van der Waals surface area contributed by atoms with Gasteiger partial charge in [0.1, 0.15) is 11.8 Å². The van der Waals surface area contributed by atoms with Crippen molar-refractivity contribution in [2.45, 2.75) is 18.3 Å². The highest BCUT2D eigenvalue weighted by Crippen LogP contribution is 2.41. The molecule has 1 heterocycles. The van der Waals surface area contributed by atoms with Gasteiger partial charge in [-0.3, -0.25) is 9.59 Å². The van der Waals surface area contributed by atoms with Crippen LogP contribution in [0.5, 0.6) is 0 Å². The highest BCUT2D eigenvalue weighted by Gasteiger charge is 2.43. The minimum absolute atomic E-state index is 0.0638. The van der Waals surface area contributed by atoms with Crippen LogP contribution in [0.15, 0.2) is 18.2 Å². The molecule has 1 aromatic heterocycles. The van der Waals surface area contributed by atoms with E-state index in [2.05, 4.69) is 9.97 Å². The molecule has 24 heavy (non-hydrogen) atoms. The molecular weight excluding hydrogens is 318 g/mol. The molecule has 3 atom stereocenters. The van der Waals surface area contributed by atoms with E-state index in [1.807, 2.05) is 0 Å². The summed E-state index contributed by atoms with van der Waals surface area (Å²) in [4.78, 5) is 32.8. The molecule has 9 heteroatoms. The maximum atomic E-state index is 12.0.